The van der Waals surface area contributed by atoms with Crippen molar-refractivity contribution < 1.29 is 14.3 Å². The van der Waals surface area contributed by atoms with Crippen LogP contribution in [0.3, 0.4) is 0 Å². The van der Waals surface area contributed by atoms with E-state index in [-0.39, 0.29) is 11.6 Å². The Morgan fingerprint density at radius 3 is 2.60 bits per heavy atom. The van der Waals surface area contributed by atoms with Crippen LogP contribution >= 0.6 is 0 Å². The molecule has 126 valence electrons. The number of rotatable bonds is 6. The van der Waals surface area contributed by atoms with E-state index in [1.807, 2.05) is 42.5 Å². The van der Waals surface area contributed by atoms with Crippen LogP contribution in [0.5, 0.6) is 11.6 Å². The second-order valence-electron chi connectivity index (χ2n) is 5.17. The first kappa shape index (κ1) is 16.4. The molecule has 6 nitrogen and oxygen atoms in total. The van der Waals surface area contributed by atoms with Crippen LogP contribution in [-0.4, -0.2) is 23.0 Å². The van der Waals surface area contributed by atoms with Gasteiger partial charge in [0.25, 0.3) is 5.91 Å². The molecular formula is C19H17N3O3. The molecule has 2 aromatic carbocycles. The Morgan fingerprint density at radius 2 is 1.80 bits per heavy atom. The van der Waals surface area contributed by atoms with Crippen molar-refractivity contribution in [1.29, 1.82) is 0 Å². The molecule has 1 N–H and O–H groups in total. The SMILES string of the molecule is COc1ccccc1NC(=O)c1cc(OCc2ccccc2)ncn1. The molecule has 0 fully saturated rings. The van der Waals surface area contributed by atoms with E-state index in [0.717, 1.165) is 5.56 Å². The molecule has 6 heteroatoms. The van der Waals surface area contributed by atoms with E-state index in [1.54, 1.807) is 19.2 Å². The third-order valence-corrected chi connectivity index (χ3v) is 3.46. The third kappa shape index (κ3) is 4.32. The molecule has 1 heterocycles. The molecule has 0 atom stereocenters. The van der Waals surface area contributed by atoms with E-state index in [2.05, 4.69) is 15.3 Å². The van der Waals surface area contributed by atoms with Crippen molar-refractivity contribution in [3.63, 3.8) is 0 Å². The van der Waals surface area contributed by atoms with Crippen LogP contribution in [0, 0.1) is 0 Å². The number of aromatic nitrogens is 2. The summed E-state index contributed by atoms with van der Waals surface area (Å²) < 4.78 is 10.8. The zero-order valence-electron chi connectivity index (χ0n) is 13.7. The lowest BCUT2D eigenvalue weighted by Crippen LogP contribution is -2.14. The molecule has 0 unspecified atom stereocenters. The molecule has 0 spiro atoms. The summed E-state index contributed by atoms with van der Waals surface area (Å²) in [7, 11) is 1.55. The van der Waals surface area contributed by atoms with Crippen molar-refractivity contribution >= 4 is 11.6 Å². The van der Waals surface area contributed by atoms with Gasteiger partial charge in [-0.15, -0.1) is 0 Å². The van der Waals surface area contributed by atoms with Gasteiger partial charge in [-0.1, -0.05) is 42.5 Å². The van der Waals surface area contributed by atoms with E-state index in [1.165, 1.54) is 12.4 Å². The fourth-order valence-electron chi connectivity index (χ4n) is 2.21. The molecule has 0 aliphatic carbocycles. The van der Waals surface area contributed by atoms with Gasteiger partial charge in [0.15, 0.2) is 0 Å². The Balaban J connectivity index is 1.69. The van der Waals surface area contributed by atoms with Crippen LogP contribution in [-0.2, 0) is 6.61 Å². The number of ether oxygens (including phenoxy) is 2. The number of anilines is 1. The number of nitrogens with one attached hydrogen (secondary N) is 1. The van der Waals surface area contributed by atoms with Gasteiger partial charge in [-0.25, -0.2) is 9.97 Å². The van der Waals surface area contributed by atoms with Crippen molar-refractivity contribution in [3.8, 4) is 11.6 Å². The number of hydrogen-bond acceptors (Lipinski definition) is 5. The highest BCUT2D eigenvalue weighted by molar-refractivity contribution is 6.03. The highest BCUT2D eigenvalue weighted by Crippen LogP contribution is 2.23. The molecule has 1 amide bonds. The van der Waals surface area contributed by atoms with E-state index in [0.29, 0.717) is 23.9 Å². The summed E-state index contributed by atoms with van der Waals surface area (Å²) >= 11 is 0. The van der Waals surface area contributed by atoms with Gasteiger partial charge in [0.1, 0.15) is 24.4 Å². The lowest BCUT2D eigenvalue weighted by molar-refractivity contribution is 0.102. The number of carbonyl (C=O) groups is 1. The smallest absolute Gasteiger partial charge is 0.274 e. The van der Waals surface area contributed by atoms with Crippen LogP contribution < -0.4 is 14.8 Å². The molecule has 0 bridgehead atoms. The number of carbonyl (C=O) groups excluding carboxylic acids is 1. The van der Waals surface area contributed by atoms with Crippen molar-refractivity contribution in [2.45, 2.75) is 6.61 Å². The first-order valence-corrected chi connectivity index (χ1v) is 7.69. The molecule has 1 aromatic heterocycles. The predicted molar refractivity (Wildman–Crippen MR) is 93.8 cm³/mol. The minimum absolute atomic E-state index is 0.212. The fraction of sp³-hybridized carbons (Fsp3) is 0.105. The number of benzene rings is 2. The van der Waals surface area contributed by atoms with Crippen LogP contribution in [0.1, 0.15) is 16.1 Å². The summed E-state index contributed by atoms with van der Waals surface area (Å²) in [5.74, 6) is 0.547. The zero-order valence-corrected chi connectivity index (χ0v) is 13.7. The molecule has 0 saturated heterocycles. The van der Waals surface area contributed by atoms with Gasteiger partial charge >= 0.3 is 0 Å². The van der Waals surface area contributed by atoms with E-state index >= 15 is 0 Å². The van der Waals surface area contributed by atoms with Gasteiger partial charge in [-0.2, -0.15) is 0 Å². The molecule has 25 heavy (non-hydrogen) atoms. The fourth-order valence-corrected chi connectivity index (χ4v) is 2.21. The molecule has 0 saturated carbocycles. The summed E-state index contributed by atoms with van der Waals surface area (Å²) in [4.78, 5) is 20.4. The van der Waals surface area contributed by atoms with Gasteiger partial charge in [0.05, 0.1) is 12.8 Å². The molecule has 0 aliphatic heterocycles. The summed E-state index contributed by atoms with van der Waals surface area (Å²) in [5, 5.41) is 2.77. The molecule has 3 aromatic rings. The molecule has 0 aliphatic rings. The Kier molecular flexibility index (Phi) is 5.21. The summed E-state index contributed by atoms with van der Waals surface area (Å²) in [6.45, 7) is 0.366. The van der Waals surface area contributed by atoms with Crippen LogP contribution in [0.15, 0.2) is 67.0 Å². The van der Waals surface area contributed by atoms with Crippen LogP contribution in [0.25, 0.3) is 0 Å². The number of amides is 1. The van der Waals surface area contributed by atoms with Gasteiger partial charge in [-0.05, 0) is 17.7 Å². The lowest BCUT2D eigenvalue weighted by atomic mass is 10.2. The normalized spacial score (nSPS) is 10.1. The summed E-state index contributed by atoms with van der Waals surface area (Å²) in [5.41, 5.74) is 1.80. The largest absolute Gasteiger partial charge is 0.495 e. The Hall–Kier alpha value is -3.41. The average molecular weight is 335 g/mol. The van der Waals surface area contributed by atoms with Gasteiger partial charge in [-0.3, -0.25) is 4.79 Å². The Bertz CT molecular complexity index is 853. The molecule has 0 radical (unpaired) electrons. The van der Waals surface area contributed by atoms with Crippen LogP contribution in [0.4, 0.5) is 5.69 Å². The predicted octanol–water partition coefficient (Wildman–Crippen LogP) is 3.32. The average Bonchev–Trinajstić information content (AvgIpc) is 2.68. The second-order valence-corrected chi connectivity index (χ2v) is 5.17. The van der Waals surface area contributed by atoms with Crippen molar-refractivity contribution in [3.05, 3.63) is 78.2 Å². The monoisotopic (exact) mass is 335 g/mol. The molecular weight excluding hydrogens is 318 g/mol. The Labute approximate surface area is 145 Å². The topological polar surface area (TPSA) is 73.3 Å². The maximum atomic E-state index is 12.4. The van der Waals surface area contributed by atoms with E-state index < -0.39 is 0 Å². The first-order chi connectivity index (χ1) is 12.3. The number of para-hydroxylation sites is 2. The van der Waals surface area contributed by atoms with E-state index in [9.17, 15) is 4.79 Å². The van der Waals surface area contributed by atoms with Crippen molar-refractivity contribution in [2.24, 2.45) is 0 Å². The van der Waals surface area contributed by atoms with Gasteiger partial charge in [0, 0.05) is 6.07 Å². The minimum atomic E-state index is -0.364. The van der Waals surface area contributed by atoms with Crippen molar-refractivity contribution in [2.75, 3.05) is 12.4 Å². The van der Waals surface area contributed by atoms with Gasteiger partial charge < -0.3 is 14.8 Å². The Morgan fingerprint density at radius 1 is 1.04 bits per heavy atom. The maximum absolute atomic E-state index is 12.4. The molecule has 3 rings (SSSR count). The standard InChI is InChI=1S/C19H17N3O3/c1-24-17-10-6-5-9-15(17)22-19(23)16-11-18(21-13-20-16)25-12-14-7-3-2-4-8-14/h2-11,13H,12H2,1H3,(H,22,23). The lowest BCUT2D eigenvalue weighted by Gasteiger charge is -2.10. The summed E-state index contributed by atoms with van der Waals surface area (Å²) in [6.07, 6.45) is 1.30. The second kappa shape index (κ2) is 7.92. The maximum Gasteiger partial charge on any atom is 0.274 e. The number of hydrogen-bond donors (Lipinski definition) is 1. The highest BCUT2D eigenvalue weighted by Gasteiger charge is 2.12. The first-order valence-electron chi connectivity index (χ1n) is 7.69. The number of methoxy groups -OCH3 is 1. The number of nitrogens with zero attached hydrogens (tertiary/aromatic N) is 2. The zero-order chi connectivity index (χ0) is 17.5. The van der Waals surface area contributed by atoms with Crippen molar-refractivity contribution in [1.82, 2.24) is 9.97 Å². The third-order valence-electron chi connectivity index (χ3n) is 3.46. The quantitative estimate of drug-likeness (QED) is 0.748. The van der Waals surface area contributed by atoms with Crippen LogP contribution in [0.2, 0.25) is 0 Å². The summed E-state index contributed by atoms with van der Waals surface area (Å²) in [6, 6.07) is 18.4. The van der Waals surface area contributed by atoms with Gasteiger partial charge in [0.2, 0.25) is 5.88 Å². The van der Waals surface area contributed by atoms with E-state index in [4.69, 9.17) is 9.47 Å². The minimum Gasteiger partial charge on any atom is -0.495 e. The highest BCUT2D eigenvalue weighted by atomic mass is 16.5.